The van der Waals surface area contributed by atoms with Crippen LogP contribution in [0.3, 0.4) is 0 Å². The summed E-state index contributed by atoms with van der Waals surface area (Å²) in [5, 5.41) is 0. The van der Waals surface area contributed by atoms with E-state index in [-0.39, 0.29) is 0 Å². The SMILES string of the molecule is COC1=CCC2=C(CCC3C2CC[C@]2(C)C=CCC32)C1. The molecule has 4 aliphatic carbocycles. The van der Waals surface area contributed by atoms with Gasteiger partial charge in [-0.3, -0.25) is 0 Å². The third-order valence-electron chi connectivity index (χ3n) is 6.64. The van der Waals surface area contributed by atoms with E-state index in [1.807, 2.05) is 7.11 Å². The zero-order valence-corrected chi connectivity index (χ0v) is 12.8. The summed E-state index contributed by atoms with van der Waals surface area (Å²) in [4.78, 5) is 0. The maximum absolute atomic E-state index is 5.48. The molecule has 0 aromatic rings. The molecule has 0 spiro atoms. The minimum atomic E-state index is 0.515. The molecular weight excluding hydrogens is 244 g/mol. The molecular formula is C19H26O. The fraction of sp³-hybridized carbons (Fsp3) is 0.684. The molecule has 108 valence electrons. The number of rotatable bonds is 1. The number of methoxy groups -OCH3 is 1. The average molecular weight is 270 g/mol. The molecule has 4 atom stereocenters. The molecule has 0 saturated heterocycles. The molecule has 1 heteroatoms. The highest BCUT2D eigenvalue weighted by Gasteiger charge is 2.48. The van der Waals surface area contributed by atoms with Crippen LogP contribution in [0.2, 0.25) is 0 Å². The van der Waals surface area contributed by atoms with E-state index >= 15 is 0 Å². The van der Waals surface area contributed by atoms with Crippen LogP contribution in [0.5, 0.6) is 0 Å². The first kappa shape index (κ1) is 12.7. The van der Waals surface area contributed by atoms with Gasteiger partial charge in [-0.1, -0.05) is 30.2 Å². The van der Waals surface area contributed by atoms with Gasteiger partial charge in [0.15, 0.2) is 0 Å². The zero-order valence-electron chi connectivity index (χ0n) is 12.8. The molecule has 0 N–H and O–H groups in total. The van der Waals surface area contributed by atoms with Crippen molar-refractivity contribution in [2.45, 2.75) is 51.9 Å². The largest absolute Gasteiger partial charge is 0.501 e. The average Bonchev–Trinajstić information content (AvgIpc) is 2.88. The molecule has 0 amide bonds. The summed E-state index contributed by atoms with van der Waals surface area (Å²) in [5.74, 6) is 3.94. The van der Waals surface area contributed by atoms with Crippen molar-refractivity contribution >= 4 is 0 Å². The van der Waals surface area contributed by atoms with Crippen LogP contribution in [0, 0.1) is 23.2 Å². The van der Waals surface area contributed by atoms with Gasteiger partial charge in [-0.15, -0.1) is 0 Å². The van der Waals surface area contributed by atoms with Gasteiger partial charge in [0.1, 0.15) is 0 Å². The normalized spacial score (nSPS) is 42.7. The van der Waals surface area contributed by atoms with Crippen molar-refractivity contribution in [3.05, 3.63) is 35.1 Å². The fourth-order valence-electron chi connectivity index (χ4n) is 5.53. The van der Waals surface area contributed by atoms with E-state index in [1.165, 1.54) is 37.9 Å². The van der Waals surface area contributed by atoms with E-state index in [1.54, 1.807) is 11.1 Å². The maximum Gasteiger partial charge on any atom is 0.0959 e. The smallest absolute Gasteiger partial charge is 0.0959 e. The van der Waals surface area contributed by atoms with Crippen LogP contribution in [0.4, 0.5) is 0 Å². The second kappa shape index (κ2) is 4.51. The third kappa shape index (κ3) is 1.75. The lowest BCUT2D eigenvalue weighted by Crippen LogP contribution is -2.41. The Morgan fingerprint density at radius 3 is 3.05 bits per heavy atom. The van der Waals surface area contributed by atoms with Gasteiger partial charge >= 0.3 is 0 Å². The molecule has 0 aliphatic heterocycles. The molecule has 1 nitrogen and oxygen atoms in total. The van der Waals surface area contributed by atoms with Crippen LogP contribution < -0.4 is 0 Å². The first-order valence-electron chi connectivity index (χ1n) is 8.33. The van der Waals surface area contributed by atoms with Crippen molar-refractivity contribution in [3.63, 3.8) is 0 Å². The van der Waals surface area contributed by atoms with Crippen molar-refractivity contribution in [1.29, 1.82) is 0 Å². The van der Waals surface area contributed by atoms with E-state index in [0.29, 0.717) is 5.41 Å². The van der Waals surface area contributed by atoms with Crippen molar-refractivity contribution in [2.24, 2.45) is 23.2 Å². The number of allylic oxidation sites excluding steroid dienone is 5. The van der Waals surface area contributed by atoms with Crippen LogP contribution in [-0.2, 0) is 4.74 Å². The highest BCUT2D eigenvalue weighted by atomic mass is 16.5. The van der Waals surface area contributed by atoms with Crippen LogP contribution in [0.25, 0.3) is 0 Å². The van der Waals surface area contributed by atoms with E-state index < -0.39 is 0 Å². The Morgan fingerprint density at radius 1 is 1.30 bits per heavy atom. The summed E-state index contributed by atoms with van der Waals surface area (Å²) in [6.45, 7) is 2.51. The molecule has 20 heavy (non-hydrogen) atoms. The molecule has 0 aromatic heterocycles. The third-order valence-corrected chi connectivity index (χ3v) is 6.64. The van der Waals surface area contributed by atoms with E-state index in [2.05, 4.69) is 25.2 Å². The van der Waals surface area contributed by atoms with Gasteiger partial charge in [0, 0.05) is 6.42 Å². The van der Waals surface area contributed by atoms with E-state index in [4.69, 9.17) is 4.74 Å². The van der Waals surface area contributed by atoms with Gasteiger partial charge in [0.2, 0.25) is 0 Å². The summed E-state index contributed by atoms with van der Waals surface area (Å²) in [6.07, 6.45) is 16.5. The minimum absolute atomic E-state index is 0.515. The summed E-state index contributed by atoms with van der Waals surface area (Å²) >= 11 is 0. The summed E-state index contributed by atoms with van der Waals surface area (Å²) < 4.78 is 5.48. The lowest BCUT2D eigenvalue weighted by molar-refractivity contribution is 0.0627. The fourth-order valence-corrected chi connectivity index (χ4v) is 5.53. The van der Waals surface area contributed by atoms with Gasteiger partial charge in [-0.05, 0) is 67.8 Å². The topological polar surface area (TPSA) is 9.23 Å². The Balaban J connectivity index is 1.61. The summed E-state index contributed by atoms with van der Waals surface area (Å²) in [7, 11) is 1.82. The van der Waals surface area contributed by atoms with Crippen molar-refractivity contribution < 1.29 is 4.74 Å². The lowest BCUT2D eigenvalue weighted by Gasteiger charge is -2.50. The predicted octanol–water partition coefficient (Wildman–Crippen LogP) is 5.01. The lowest BCUT2D eigenvalue weighted by atomic mass is 9.55. The first-order chi connectivity index (χ1) is 9.71. The molecule has 3 unspecified atom stereocenters. The highest BCUT2D eigenvalue weighted by molar-refractivity contribution is 5.33. The molecule has 4 aliphatic rings. The Hall–Kier alpha value is -0.980. The predicted molar refractivity (Wildman–Crippen MR) is 82.2 cm³/mol. The Labute approximate surface area is 122 Å². The first-order valence-corrected chi connectivity index (χ1v) is 8.33. The van der Waals surface area contributed by atoms with Crippen LogP contribution in [-0.4, -0.2) is 7.11 Å². The van der Waals surface area contributed by atoms with Gasteiger partial charge in [0.25, 0.3) is 0 Å². The van der Waals surface area contributed by atoms with E-state index in [0.717, 1.165) is 30.6 Å². The molecule has 0 bridgehead atoms. The molecule has 0 heterocycles. The molecule has 0 aromatic carbocycles. The quantitative estimate of drug-likeness (QED) is 0.609. The van der Waals surface area contributed by atoms with Gasteiger partial charge in [0.05, 0.1) is 12.9 Å². The van der Waals surface area contributed by atoms with Crippen LogP contribution >= 0.6 is 0 Å². The monoisotopic (exact) mass is 270 g/mol. The molecule has 4 rings (SSSR count). The van der Waals surface area contributed by atoms with Crippen LogP contribution in [0.1, 0.15) is 51.9 Å². The van der Waals surface area contributed by atoms with Crippen molar-refractivity contribution in [3.8, 4) is 0 Å². The Kier molecular flexibility index (Phi) is 2.87. The van der Waals surface area contributed by atoms with Gasteiger partial charge in [-0.2, -0.15) is 0 Å². The maximum atomic E-state index is 5.48. The molecule has 1 saturated carbocycles. The summed E-state index contributed by atoms with van der Waals surface area (Å²) in [6, 6.07) is 0. The number of hydrogen-bond donors (Lipinski definition) is 0. The van der Waals surface area contributed by atoms with E-state index in [9.17, 15) is 0 Å². The van der Waals surface area contributed by atoms with Crippen molar-refractivity contribution in [2.75, 3.05) is 7.11 Å². The minimum Gasteiger partial charge on any atom is -0.501 e. The molecule has 0 radical (unpaired) electrons. The number of ether oxygens (including phenoxy) is 1. The second-order valence-corrected chi connectivity index (χ2v) is 7.48. The van der Waals surface area contributed by atoms with Crippen molar-refractivity contribution in [1.82, 2.24) is 0 Å². The molecule has 1 fully saturated rings. The van der Waals surface area contributed by atoms with Gasteiger partial charge in [-0.25, -0.2) is 0 Å². The number of fused-ring (bicyclic) bond motifs is 4. The highest BCUT2D eigenvalue weighted by Crippen LogP contribution is 2.58. The number of hydrogen-bond acceptors (Lipinski definition) is 1. The van der Waals surface area contributed by atoms with Crippen LogP contribution in [0.15, 0.2) is 35.1 Å². The second-order valence-electron chi connectivity index (χ2n) is 7.48. The Bertz CT molecular complexity index is 510. The Morgan fingerprint density at radius 2 is 2.20 bits per heavy atom. The zero-order chi connectivity index (χ0) is 13.7. The van der Waals surface area contributed by atoms with Gasteiger partial charge < -0.3 is 4.74 Å². The summed E-state index contributed by atoms with van der Waals surface area (Å²) in [5.41, 5.74) is 4.04. The standard InChI is InChI=1S/C19H26O/c1-19-10-3-4-18(19)17-7-5-13-12-14(20-2)6-8-15(13)16(17)9-11-19/h3,6,10,16-18H,4-5,7-9,11-12H2,1-2H3/t16?,17?,18?,19-/m0/s1.